The molecular weight excluding hydrogens is 395 g/mol. The number of hydrogen-bond donors (Lipinski definition) is 0. The van der Waals surface area contributed by atoms with Crippen LogP contribution in [0.3, 0.4) is 0 Å². The summed E-state index contributed by atoms with van der Waals surface area (Å²) in [5, 5.41) is 0. The molecule has 0 unspecified atom stereocenters. The Balaban J connectivity index is 1.92. The average Bonchev–Trinajstić information content (AvgIpc) is 3.00. The van der Waals surface area contributed by atoms with Gasteiger partial charge < -0.3 is 0 Å². The first-order chi connectivity index (χ1) is 9.43. The summed E-state index contributed by atoms with van der Waals surface area (Å²) in [6.45, 7) is 0. The monoisotopic (exact) mass is 412 g/mol. The summed E-state index contributed by atoms with van der Waals surface area (Å²) in [7, 11) is 0. The topological polar surface area (TPSA) is 0 Å². The van der Waals surface area contributed by atoms with E-state index in [9.17, 15) is 0 Å². The van der Waals surface area contributed by atoms with E-state index in [1.807, 2.05) is 0 Å². The first-order valence-electron chi connectivity index (χ1n) is 6.65. The second-order valence-corrected chi connectivity index (χ2v) is 10.1. The number of allylic oxidation sites excluding steroid dienone is 4. The number of benzene rings is 2. The van der Waals surface area contributed by atoms with Crippen molar-refractivity contribution in [2.45, 2.75) is 10.1 Å². The molecule has 0 aromatic heterocycles. The summed E-state index contributed by atoms with van der Waals surface area (Å²) >= 11 is -0.860. The van der Waals surface area contributed by atoms with Crippen LogP contribution in [0.1, 0.15) is 21.2 Å². The molecule has 0 atom stereocenters. The Morgan fingerprint density at radius 3 is 1.84 bits per heavy atom. The molecule has 0 saturated heterocycles. The average molecular weight is 411 g/mol. The Hall–Kier alpha value is -1.21. The van der Waals surface area contributed by atoms with Crippen molar-refractivity contribution in [3.05, 3.63) is 93.3 Å². The fourth-order valence-electron chi connectivity index (χ4n) is 2.39. The third-order valence-corrected chi connectivity index (χ3v) is 9.46. The Morgan fingerprint density at radius 2 is 1.37 bits per heavy atom. The van der Waals surface area contributed by atoms with E-state index < -0.39 is 22.9 Å². The quantitative estimate of drug-likeness (QED) is 0.641. The molecule has 92 valence electrons. The van der Waals surface area contributed by atoms with Crippen LogP contribution in [0.15, 0.2) is 82.2 Å². The van der Waals surface area contributed by atoms with Gasteiger partial charge in [0.05, 0.1) is 0 Å². The zero-order valence-corrected chi connectivity index (χ0v) is 14.4. The summed E-state index contributed by atoms with van der Waals surface area (Å²) in [4.78, 5) is 0. The van der Waals surface area contributed by atoms with Gasteiger partial charge in [0.2, 0.25) is 0 Å². The molecule has 1 heteroatoms. The predicted molar refractivity (Wildman–Crippen MR) is 76.6 cm³/mol. The van der Waals surface area contributed by atoms with E-state index in [4.69, 9.17) is 0 Å². The van der Waals surface area contributed by atoms with Gasteiger partial charge in [0.25, 0.3) is 0 Å². The molecule has 19 heavy (non-hydrogen) atoms. The van der Waals surface area contributed by atoms with Crippen molar-refractivity contribution >= 4 is 0 Å². The van der Waals surface area contributed by atoms with Crippen molar-refractivity contribution in [2.75, 3.05) is 0 Å². The summed E-state index contributed by atoms with van der Waals surface area (Å²) in [5.41, 5.74) is 2.98. The maximum absolute atomic E-state index is 2.35. The molecule has 2 aromatic carbocycles. The van der Waals surface area contributed by atoms with Crippen molar-refractivity contribution in [1.29, 1.82) is 0 Å². The first-order valence-corrected chi connectivity index (χ1v) is 10.5. The fraction of sp³-hybridized carbons (Fsp3) is 0.111. The fourth-order valence-corrected chi connectivity index (χ4v) is 7.84. The molecule has 0 aliphatic heterocycles. The molecule has 2 aromatic rings. The molecule has 0 N–H and O–H groups in total. The van der Waals surface area contributed by atoms with E-state index in [2.05, 4.69) is 78.9 Å². The van der Waals surface area contributed by atoms with Gasteiger partial charge in [-0.25, -0.2) is 0 Å². The molecule has 3 rings (SSSR count). The van der Waals surface area contributed by atoms with Crippen LogP contribution >= 0.6 is 0 Å². The SMILES string of the molecule is C1=CC[C]([Hf][CH](c2ccccc2)c2ccccc2)=C1. The van der Waals surface area contributed by atoms with E-state index >= 15 is 0 Å². The maximum atomic E-state index is 2.35. The minimum absolute atomic E-state index is 0.661. The third-order valence-electron chi connectivity index (χ3n) is 3.37. The molecule has 1 aliphatic rings. The van der Waals surface area contributed by atoms with Gasteiger partial charge in [-0.15, -0.1) is 0 Å². The Kier molecular flexibility index (Phi) is 4.24. The van der Waals surface area contributed by atoms with Gasteiger partial charge in [-0.05, 0) is 0 Å². The molecule has 0 saturated carbocycles. The molecule has 1 aliphatic carbocycles. The second-order valence-electron chi connectivity index (χ2n) is 4.72. The van der Waals surface area contributed by atoms with Crippen molar-refractivity contribution in [3.63, 3.8) is 0 Å². The van der Waals surface area contributed by atoms with Crippen LogP contribution in [0.25, 0.3) is 0 Å². The van der Waals surface area contributed by atoms with Crippen LogP contribution in [0.2, 0.25) is 0 Å². The molecular formula is C18H16Hf. The van der Waals surface area contributed by atoms with E-state index in [0.717, 1.165) is 0 Å². The van der Waals surface area contributed by atoms with Crippen LogP contribution < -0.4 is 0 Å². The standard InChI is InChI=1S/C13H11.C5H5.Hf/c1-3-7-12(8-4-1)11-13-9-5-2-6-10-13;1-2-4-5-3-1;/h1-11H;1-3H,4H2;. The van der Waals surface area contributed by atoms with E-state index in [1.165, 1.54) is 17.5 Å². The summed E-state index contributed by atoms with van der Waals surface area (Å²) < 4.78 is 2.38. The van der Waals surface area contributed by atoms with Crippen LogP contribution in [-0.2, 0) is 22.9 Å². The van der Waals surface area contributed by atoms with Gasteiger partial charge in [0.15, 0.2) is 0 Å². The molecule has 0 fully saturated rings. The van der Waals surface area contributed by atoms with Gasteiger partial charge in [-0.1, -0.05) is 0 Å². The molecule has 0 bridgehead atoms. The van der Waals surface area contributed by atoms with Gasteiger partial charge in [-0.2, -0.15) is 0 Å². The van der Waals surface area contributed by atoms with E-state index in [-0.39, 0.29) is 0 Å². The van der Waals surface area contributed by atoms with Crippen LogP contribution in [0, 0.1) is 0 Å². The van der Waals surface area contributed by atoms with Crippen LogP contribution in [0.4, 0.5) is 0 Å². The molecule has 0 amide bonds. The number of hydrogen-bond acceptors (Lipinski definition) is 0. The summed E-state index contributed by atoms with van der Waals surface area (Å²) in [6, 6.07) is 22.0. The Bertz CT molecular complexity index is 542. The van der Waals surface area contributed by atoms with Crippen LogP contribution in [0.5, 0.6) is 0 Å². The minimum atomic E-state index is -0.860. The van der Waals surface area contributed by atoms with Crippen molar-refractivity contribution in [2.24, 2.45) is 0 Å². The van der Waals surface area contributed by atoms with Gasteiger partial charge >= 0.3 is 126 Å². The molecule has 0 nitrogen and oxygen atoms in total. The zero-order chi connectivity index (χ0) is 12.9. The van der Waals surface area contributed by atoms with Crippen molar-refractivity contribution < 1.29 is 22.9 Å². The summed E-state index contributed by atoms with van der Waals surface area (Å²) in [6.07, 6.45) is 8.05. The van der Waals surface area contributed by atoms with Gasteiger partial charge in [0.1, 0.15) is 0 Å². The normalized spacial score (nSPS) is 13.6. The van der Waals surface area contributed by atoms with Crippen molar-refractivity contribution in [3.8, 4) is 0 Å². The van der Waals surface area contributed by atoms with Gasteiger partial charge in [-0.3, -0.25) is 0 Å². The van der Waals surface area contributed by atoms with E-state index in [0.29, 0.717) is 3.67 Å². The zero-order valence-electron chi connectivity index (χ0n) is 10.8. The van der Waals surface area contributed by atoms with E-state index in [1.54, 1.807) is 3.33 Å². The molecule has 0 heterocycles. The molecule has 0 spiro atoms. The van der Waals surface area contributed by atoms with Crippen molar-refractivity contribution in [1.82, 2.24) is 0 Å². The molecule has 0 radical (unpaired) electrons. The first kappa shape index (κ1) is 12.8. The Labute approximate surface area is 126 Å². The third kappa shape index (κ3) is 3.22. The Morgan fingerprint density at radius 1 is 0.789 bits per heavy atom. The summed E-state index contributed by atoms with van der Waals surface area (Å²) in [5.74, 6) is 0. The van der Waals surface area contributed by atoms with Crippen LogP contribution in [-0.4, -0.2) is 0 Å². The van der Waals surface area contributed by atoms with Gasteiger partial charge in [0, 0.05) is 0 Å². The number of rotatable bonds is 4. The second kappa shape index (κ2) is 6.29. The predicted octanol–water partition coefficient (Wildman–Crippen LogP) is 4.70.